The second-order valence-electron chi connectivity index (χ2n) is 4.51. The maximum Gasteiger partial charge on any atom is 0.273 e. The Morgan fingerprint density at radius 3 is 3.06 bits per heavy atom. The maximum absolute atomic E-state index is 12.4. The highest BCUT2D eigenvalue weighted by molar-refractivity contribution is 7.09. The Morgan fingerprint density at radius 2 is 2.39 bits per heavy atom. The summed E-state index contributed by atoms with van der Waals surface area (Å²) in [4.78, 5) is 18.4. The van der Waals surface area contributed by atoms with Crippen molar-refractivity contribution in [2.45, 2.75) is 38.3 Å². The van der Waals surface area contributed by atoms with Crippen molar-refractivity contribution >= 4 is 17.2 Å². The van der Waals surface area contributed by atoms with Gasteiger partial charge in [-0.2, -0.15) is 0 Å². The van der Waals surface area contributed by atoms with Crippen LogP contribution in [0.5, 0.6) is 0 Å². The van der Waals surface area contributed by atoms with Gasteiger partial charge in [-0.15, -0.1) is 11.3 Å². The van der Waals surface area contributed by atoms with E-state index in [2.05, 4.69) is 4.98 Å². The number of hydrogen-bond acceptors (Lipinski definition) is 5. The Hall–Kier alpha value is -0.980. The van der Waals surface area contributed by atoms with Crippen LogP contribution in [-0.4, -0.2) is 40.1 Å². The van der Waals surface area contributed by atoms with Crippen LogP contribution in [0.2, 0.25) is 0 Å². The molecule has 1 fully saturated rings. The number of amides is 1. The number of carbonyl (C=O) groups excluding carboxylic acids is 1. The van der Waals surface area contributed by atoms with E-state index >= 15 is 0 Å². The molecule has 1 unspecified atom stereocenters. The van der Waals surface area contributed by atoms with Crippen LogP contribution in [0, 0.1) is 0 Å². The van der Waals surface area contributed by atoms with E-state index in [1.54, 1.807) is 10.3 Å². The van der Waals surface area contributed by atoms with Crippen LogP contribution in [-0.2, 0) is 6.54 Å². The highest BCUT2D eigenvalue weighted by atomic mass is 32.1. The van der Waals surface area contributed by atoms with Crippen molar-refractivity contribution in [2.75, 3.05) is 13.2 Å². The number of aliphatic hydroxyl groups excluding tert-OH is 1. The van der Waals surface area contributed by atoms with Gasteiger partial charge in [0.15, 0.2) is 0 Å². The van der Waals surface area contributed by atoms with Gasteiger partial charge in [0, 0.05) is 18.5 Å². The minimum atomic E-state index is -0.0769. The predicted octanol–water partition coefficient (Wildman–Crippen LogP) is 0.979. The topological polar surface area (TPSA) is 79.5 Å². The zero-order chi connectivity index (χ0) is 13.0. The number of hydrogen-bond donors (Lipinski definition) is 2. The molecule has 1 aliphatic rings. The van der Waals surface area contributed by atoms with Crippen molar-refractivity contribution in [3.63, 3.8) is 0 Å². The van der Waals surface area contributed by atoms with E-state index in [1.807, 2.05) is 0 Å². The first-order valence-corrected chi connectivity index (χ1v) is 7.20. The highest BCUT2D eigenvalue weighted by Crippen LogP contribution is 2.20. The number of thiazole rings is 1. The predicted molar refractivity (Wildman–Crippen MR) is 70.4 cm³/mol. The molecule has 6 heteroatoms. The average molecular weight is 269 g/mol. The van der Waals surface area contributed by atoms with E-state index in [0.717, 1.165) is 30.7 Å². The Morgan fingerprint density at radius 1 is 1.56 bits per heavy atom. The smallest absolute Gasteiger partial charge is 0.273 e. The summed E-state index contributed by atoms with van der Waals surface area (Å²) in [5.74, 6) is -0.0769. The molecule has 18 heavy (non-hydrogen) atoms. The Kier molecular flexibility index (Phi) is 4.68. The third-order valence-electron chi connectivity index (χ3n) is 3.29. The standard InChI is InChI=1S/C12H19N3O2S/c13-6-11-14-10(8-18-11)12(17)15-5-3-1-2-4-9(15)7-16/h8-9,16H,1-7,13H2. The molecule has 100 valence electrons. The number of nitrogens with zero attached hydrogens (tertiary/aromatic N) is 2. The molecule has 1 atom stereocenters. The average Bonchev–Trinajstić information content (AvgIpc) is 2.75. The summed E-state index contributed by atoms with van der Waals surface area (Å²) >= 11 is 1.41. The molecule has 1 aromatic heterocycles. The largest absolute Gasteiger partial charge is 0.394 e. The molecule has 0 saturated carbocycles. The lowest BCUT2D eigenvalue weighted by Gasteiger charge is -2.27. The zero-order valence-electron chi connectivity index (χ0n) is 10.3. The van der Waals surface area contributed by atoms with Gasteiger partial charge >= 0.3 is 0 Å². The molecular formula is C12H19N3O2S. The van der Waals surface area contributed by atoms with Gasteiger partial charge in [0.05, 0.1) is 12.6 Å². The van der Waals surface area contributed by atoms with Crippen LogP contribution in [0.15, 0.2) is 5.38 Å². The molecule has 0 spiro atoms. The molecule has 1 amide bonds. The fourth-order valence-electron chi connectivity index (χ4n) is 2.28. The highest BCUT2D eigenvalue weighted by Gasteiger charge is 2.27. The number of nitrogens with two attached hydrogens (primary N) is 1. The van der Waals surface area contributed by atoms with Gasteiger partial charge in [-0.3, -0.25) is 4.79 Å². The van der Waals surface area contributed by atoms with Crippen molar-refractivity contribution < 1.29 is 9.90 Å². The molecule has 0 radical (unpaired) electrons. The molecule has 1 aliphatic heterocycles. The molecule has 3 N–H and O–H groups in total. The normalized spacial score (nSPS) is 20.8. The van der Waals surface area contributed by atoms with Crippen molar-refractivity contribution in [1.82, 2.24) is 9.88 Å². The molecular weight excluding hydrogens is 250 g/mol. The number of rotatable bonds is 3. The monoisotopic (exact) mass is 269 g/mol. The van der Waals surface area contributed by atoms with Crippen LogP contribution in [0.4, 0.5) is 0 Å². The molecule has 5 nitrogen and oxygen atoms in total. The van der Waals surface area contributed by atoms with E-state index in [0.29, 0.717) is 18.8 Å². The summed E-state index contributed by atoms with van der Waals surface area (Å²) in [6.07, 6.45) is 4.05. The van der Waals surface area contributed by atoms with Gasteiger partial charge in [0.1, 0.15) is 10.7 Å². The van der Waals surface area contributed by atoms with Gasteiger partial charge < -0.3 is 15.7 Å². The summed E-state index contributed by atoms with van der Waals surface area (Å²) in [5.41, 5.74) is 5.96. The van der Waals surface area contributed by atoms with E-state index in [4.69, 9.17) is 5.73 Å². The summed E-state index contributed by atoms with van der Waals surface area (Å²) in [7, 11) is 0. The van der Waals surface area contributed by atoms with Gasteiger partial charge in [-0.05, 0) is 12.8 Å². The summed E-state index contributed by atoms with van der Waals surface area (Å²) in [6.45, 7) is 1.10. The van der Waals surface area contributed by atoms with E-state index in [-0.39, 0.29) is 18.6 Å². The molecule has 0 aliphatic carbocycles. The minimum absolute atomic E-state index is 0.0274. The fraction of sp³-hybridized carbons (Fsp3) is 0.667. The molecule has 0 bridgehead atoms. The van der Waals surface area contributed by atoms with Gasteiger partial charge in [0.25, 0.3) is 5.91 Å². The third-order valence-corrected chi connectivity index (χ3v) is 4.17. The Labute approximate surface area is 111 Å². The molecule has 2 heterocycles. The van der Waals surface area contributed by atoms with Gasteiger partial charge in [-0.1, -0.05) is 12.8 Å². The molecule has 1 aromatic rings. The SMILES string of the molecule is NCc1nc(C(=O)N2CCCCCC2CO)cs1. The van der Waals surface area contributed by atoms with Crippen molar-refractivity contribution in [1.29, 1.82) is 0 Å². The molecule has 0 aromatic carbocycles. The molecule has 1 saturated heterocycles. The van der Waals surface area contributed by atoms with Crippen LogP contribution < -0.4 is 5.73 Å². The Balaban J connectivity index is 2.14. The maximum atomic E-state index is 12.4. The molecule has 2 rings (SSSR count). The lowest BCUT2D eigenvalue weighted by Crippen LogP contribution is -2.42. The number of aromatic nitrogens is 1. The first kappa shape index (κ1) is 13.5. The van der Waals surface area contributed by atoms with Crippen molar-refractivity contribution in [3.05, 3.63) is 16.1 Å². The van der Waals surface area contributed by atoms with Crippen LogP contribution in [0.25, 0.3) is 0 Å². The second kappa shape index (κ2) is 6.26. The van der Waals surface area contributed by atoms with E-state index < -0.39 is 0 Å². The van der Waals surface area contributed by atoms with Crippen LogP contribution in [0.1, 0.15) is 41.2 Å². The van der Waals surface area contributed by atoms with Crippen LogP contribution in [0.3, 0.4) is 0 Å². The van der Waals surface area contributed by atoms with E-state index in [1.165, 1.54) is 11.3 Å². The first-order chi connectivity index (χ1) is 8.76. The van der Waals surface area contributed by atoms with Crippen molar-refractivity contribution in [2.24, 2.45) is 5.73 Å². The number of likely N-dealkylation sites (tertiary alicyclic amines) is 1. The fourth-order valence-corrected chi connectivity index (χ4v) is 2.93. The lowest BCUT2D eigenvalue weighted by molar-refractivity contribution is 0.0594. The summed E-state index contributed by atoms with van der Waals surface area (Å²) in [5, 5.41) is 11.9. The zero-order valence-corrected chi connectivity index (χ0v) is 11.2. The third kappa shape index (κ3) is 2.88. The lowest BCUT2D eigenvalue weighted by atomic mass is 10.1. The van der Waals surface area contributed by atoms with Gasteiger partial charge in [0.2, 0.25) is 0 Å². The van der Waals surface area contributed by atoms with Crippen molar-refractivity contribution in [3.8, 4) is 0 Å². The summed E-state index contributed by atoms with van der Waals surface area (Å²) in [6, 6.07) is -0.0666. The number of carbonyl (C=O) groups is 1. The summed E-state index contributed by atoms with van der Waals surface area (Å²) < 4.78 is 0. The minimum Gasteiger partial charge on any atom is -0.394 e. The quantitative estimate of drug-likeness (QED) is 0.857. The van der Waals surface area contributed by atoms with E-state index in [9.17, 15) is 9.90 Å². The van der Waals surface area contributed by atoms with Crippen LogP contribution >= 0.6 is 11.3 Å². The van der Waals surface area contributed by atoms with Gasteiger partial charge in [-0.25, -0.2) is 4.98 Å². The number of aliphatic hydroxyl groups is 1. The Bertz CT molecular complexity index is 408. The second-order valence-corrected chi connectivity index (χ2v) is 5.46. The first-order valence-electron chi connectivity index (χ1n) is 6.32.